The first-order chi connectivity index (χ1) is 11.8. The van der Waals surface area contributed by atoms with Crippen molar-refractivity contribution in [2.24, 2.45) is 0 Å². The molecule has 1 aliphatic heterocycles. The summed E-state index contributed by atoms with van der Waals surface area (Å²) in [5.74, 6) is 0.389. The Morgan fingerprint density at radius 1 is 1.28 bits per heavy atom. The van der Waals surface area contributed by atoms with Crippen LogP contribution >= 0.6 is 0 Å². The van der Waals surface area contributed by atoms with E-state index in [0.29, 0.717) is 5.76 Å². The molecule has 1 amide bonds. The van der Waals surface area contributed by atoms with E-state index >= 15 is 0 Å². The summed E-state index contributed by atoms with van der Waals surface area (Å²) in [5, 5.41) is 16.5. The lowest BCUT2D eigenvalue weighted by Gasteiger charge is -2.32. The maximum Gasteiger partial charge on any atom is 0.277 e. The summed E-state index contributed by atoms with van der Waals surface area (Å²) in [6.07, 6.45) is 1.24. The van der Waals surface area contributed by atoms with E-state index < -0.39 is 0 Å². The first-order valence-corrected chi connectivity index (χ1v) is 8.65. The molecule has 6 heteroatoms. The van der Waals surface area contributed by atoms with Crippen molar-refractivity contribution in [3.8, 4) is 0 Å². The Hall–Kier alpha value is -2.34. The highest BCUT2D eigenvalue weighted by atomic mass is 16.5. The normalized spacial score (nSPS) is 16.1. The number of benzene rings is 1. The van der Waals surface area contributed by atoms with Crippen LogP contribution in [0.2, 0.25) is 0 Å². The summed E-state index contributed by atoms with van der Waals surface area (Å²) in [5.41, 5.74) is 1.78. The Balaban J connectivity index is 1.77. The van der Waals surface area contributed by atoms with Gasteiger partial charge in [-0.2, -0.15) is 0 Å². The highest BCUT2D eigenvalue weighted by Gasteiger charge is 2.24. The zero-order valence-corrected chi connectivity index (χ0v) is 15.0. The van der Waals surface area contributed by atoms with Gasteiger partial charge < -0.3 is 19.8 Å². The minimum atomic E-state index is -0.288. The third-order valence-electron chi connectivity index (χ3n) is 4.44. The summed E-state index contributed by atoms with van der Waals surface area (Å²) in [4.78, 5) is 14.7. The first kappa shape index (κ1) is 17.5. The molecule has 2 N–H and O–H groups in total. The Labute approximate surface area is 147 Å². The number of hydrogen-bond donors (Lipinski definition) is 2. The summed E-state index contributed by atoms with van der Waals surface area (Å²) in [6.45, 7) is 7.57. The number of nitrogens with zero attached hydrogens (tertiary/aromatic N) is 2. The van der Waals surface area contributed by atoms with Crippen LogP contribution in [0, 0.1) is 0 Å². The zero-order valence-electron chi connectivity index (χ0n) is 15.0. The number of hydrogen-bond acceptors (Lipinski definition) is 5. The van der Waals surface area contributed by atoms with Gasteiger partial charge >= 0.3 is 0 Å². The van der Waals surface area contributed by atoms with Gasteiger partial charge in [-0.15, -0.1) is 0 Å². The number of para-hydroxylation sites is 2. The van der Waals surface area contributed by atoms with E-state index in [1.54, 1.807) is 6.07 Å². The van der Waals surface area contributed by atoms with Crippen LogP contribution in [-0.4, -0.2) is 35.4 Å². The summed E-state index contributed by atoms with van der Waals surface area (Å²) >= 11 is 0. The van der Waals surface area contributed by atoms with Gasteiger partial charge in [0, 0.05) is 24.6 Å². The monoisotopic (exact) mass is 343 g/mol. The number of nitrogens with one attached hydrogen (secondary N) is 1. The topological polar surface area (TPSA) is 78.6 Å². The van der Waals surface area contributed by atoms with Gasteiger partial charge in [-0.1, -0.05) is 38.1 Å². The smallest absolute Gasteiger partial charge is 0.277 e. The van der Waals surface area contributed by atoms with Crippen LogP contribution in [0.15, 0.2) is 34.9 Å². The number of aliphatic hydroxyl groups excluding tert-OH is 1. The Morgan fingerprint density at radius 3 is 2.60 bits per heavy atom. The number of aromatic nitrogens is 1. The number of carbonyl (C=O) groups is 1. The molecule has 0 saturated carbocycles. The molecule has 0 unspecified atom stereocenters. The highest BCUT2D eigenvalue weighted by molar-refractivity contribution is 6.04. The molecule has 1 aromatic carbocycles. The second kappa shape index (κ2) is 6.88. The average Bonchev–Trinajstić information content (AvgIpc) is 3.07. The number of amides is 1. The molecule has 1 aromatic heterocycles. The molecule has 2 heterocycles. The minimum Gasteiger partial charge on any atom is -0.393 e. The van der Waals surface area contributed by atoms with E-state index in [4.69, 9.17) is 4.52 Å². The summed E-state index contributed by atoms with van der Waals surface area (Å²) in [6, 6.07) is 9.39. The molecule has 1 fully saturated rings. The lowest BCUT2D eigenvalue weighted by molar-refractivity contribution is 0.101. The minimum absolute atomic E-state index is 0.196. The molecular formula is C19H25N3O3. The van der Waals surface area contributed by atoms with Gasteiger partial charge in [-0.3, -0.25) is 4.79 Å². The molecule has 1 aliphatic rings. The number of aliphatic hydroxyl groups is 1. The van der Waals surface area contributed by atoms with E-state index in [2.05, 4.69) is 15.4 Å². The molecule has 6 nitrogen and oxygen atoms in total. The fourth-order valence-corrected chi connectivity index (χ4v) is 2.88. The van der Waals surface area contributed by atoms with Gasteiger partial charge in [0.1, 0.15) is 5.76 Å². The molecule has 0 atom stereocenters. The van der Waals surface area contributed by atoms with Crippen molar-refractivity contribution >= 4 is 17.3 Å². The largest absolute Gasteiger partial charge is 0.393 e. The number of piperidine rings is 1. The highest BCUT2D eigenvalue weighted by Crippen LogP contribution is 2.29. The lowest BCUT2D eigenvalue weighted by Crippen LogP contribution is -2.36. The zero-order chi connectivity index (χ0) is 18.0. The summed E-state index contributed by atoms with van der Waals surface area (Å²) < 4.78 is 5.30. The van der Waals surface area contributed by atoms with E-state index in [1.807, 2.05) is 45.0 Å². The van der Waals surface area contributed by atoms with Crippen LogP contribution in [-0.2, 0) is 5.41 Å². The number of rotatable bonds is 3. The third-order valence-corrected chi connectivity index (χ3v) is 4.44. The van der Waals surface area contributed by atoms with Crippen molar-refractivity contribution in [3.63, 3.8) is 0 Å². The van der Waals surface area contributed by atoms with Crippen molar-refractivity contribution in [2.45, 2.75) is 45.1 Å². The van der Waals surface area contributed by atoms with Crippen LogP contribution < -0.4 is 10.2 Å². The van der Waals surface area contributed by atoms with Crippen LogP contribution in [0.4, 0.5) is 11.4 Å². The fraction of sp³-hybridized carbons (Fsp3) is 0.474. The molecule has 2 aromatic rings. The lowest BCUT2D eigenvalue weighted by atomic mass is 9.93. The molecular weight excluding hydrogens is 318 g/mol. The van der Waals surface area contributed by atoms with E-state index in [-0.39, 0.29) is 23.1 Å². The standard InChI is InChI=1S/C19H25N3O3/c1-19(2,3)17-12-15(21-25-17)18(24)20-14-6-4-5-7-16(14)22-10-8-13(23)9-11-22/h4-7,12-13,23H,8-11H2,1-3H3,(H,20,24). The molecule has 0 radical (unpaired) electrons. The second-order valence-electron chi connectivity index (χ2n) is 7.52. The average molecular weight is 343 g/mol. The van der Waals surface area contributed by atoms with Gasteiger partial charge in [0.25, 0.3) is 5.91 Å². The Morgan fingerprint density at radius 2 is 1.96 bits per heavy atom. The molecule has 0 aliphatic carbocycles. The predicted octanol–water partition coefficient (Wildman–Crippen LogP) is 3.19. The van der Waals surface area contributed by atoms with Gasteiger partial charge in [-0.25, -0.2) is 0 Å². The van der Waals surface area contributed by atoms with Crippen LogP contribution in [0.25, 0.3) is 0 Å². The van der Waals surface area contributed by atoms with E-state index in [0.717, 1.165) is 37.3 Å². The van der Waals surface area contributed by atoms with Gasteiger partial charge in [0.15, 0.2) is 5.69 Å². The molecule has 25 heavy (non-hydrogen) atoms. The van der Waals surface area contributed by atoms with Crippen molar-refractivity contribution in [2.75, 3.05) is 23.3 Å². The molecule has 3 rings (SSSR count). The van der Waals surface area contributed by atoms with Crippen molar-refractivity contribution < 1.29 is 14.4 Å². The van der Waals surface area contributed by atoms with E-state index in [9.17, 15) is 9.90 Å². The van der Waals surface area contributed by atoms with Crippen molar-refractivity contribution in [1.82, 2.24) is 5.16 Å². The fourth-order valence-electron chi connectivity index (χ4n) is 2.88. The Bertz CT molecular complexity index is 740. The maximum absolute atomic E-state index is 12.5. The number of carbonyl (C=O) groups excluding carboxylic acids is 1. The van der Waals surface area contributed by atoms with Gasteiger partial charge in [-0.05, 0) is 25.0 Å². The van der Waals surface area contributed by atoms with Gasteiger partial charge in [0.05, 0.1) is 17.5 Å². The van der Waals surface area contributed by atoms with Crippen LogP contribution in [0.3, 0.4) is 0 Å². The Kier molecular flexibility index (Phi) is 4.81. The van der Waals surface area contributed by atoms with Gasteiger partial charge in [0.2, 0.25) is 0 Å². The quantitative estimate of drug-likeness (QED) is 0.895. The molecule has 134 valence electrons. The SMILES string of the molecule is CC(C)(C)c1cc(C(=O)Nc2ccccc2N2CCC(O)CC2)no1. The van der Waals surface area contributed by atoms with Crippen LogP contribution in [0.5, 0.6) is 0 Å². The summed E-state index contributed by atoms with van der Waals surface area (Å²) in [7, 11) is 0. The predicted molar refractivity (Wildman–Crippen MR) is 97.1 cm³/mol. The van der Waals surface area contributed by atoms with Crippen molar-refractivity contribution in [1.29, 1.82) is 0 Å². The van der Waals surface area contributed by atoms with Crippen LogP contribution in [0.1, 0.15) is 49.9 Å². The molecule has 0 bridgehead atoms. The maximum atomic E-state index is 12.5. The van der Waals surface area contributed by atoms with E-state index in [1.165, 1.54) is 0 Å². The first-order valence-electron chi connectivity index (χ1n) is 8.65. The number of anilines is 2. The molecule has 0 spiro atoms. The molecule has 1 saturated heterocycles. The second-order valence-corrected chi connectivity index (χ2v) is 7.52. The van der Waals surface area contributed by atoms with Crippen molar-refractivity contribution in [3.05, 3.63) is 41.8 Å². The third kappa shape index (κ3) is 4.02.